The van der Waals surface area contributed by atoms with E-state index in [0.29, 0.717) is 0 Å². The van der Waals surface area contributed by atoms with E-state index in [0.717, 1.165) is 113 Å². The summed E-state index contributed by atoms with van der Waals surface area (Å²) in [5, 5.41) is 4.09. The van der Waals surface area contributed by atoms with Crippen LogP contribution in [-0.4, -0.2) is 5.43 Å². The van der Waals surface area contributed by atoms with Crippen molar-refractivity contribution in [3.63, 3.8) is 0 Å². The van der Waals surface area contributed by atoms with Crippen LogP contribution in [0.5, 0.6) is 0 Å². The normalized spacial score (nSPS) is 11.6. The summed E-state index contributed by atoms with van der Waals surface area (Å²) in [7, 11) is 11.2. The predicted molar refractivity (Wildman–Crippen MR) is 223 cm³/mol. The molecule has 0 aliphatic rings. The Bertz CT molecular complexity index is 2530. The molecule has 0 aliphatic carbocycles. The fourth-order valence-electron chi connectivity index (χ4n) is 6.66. The van der Waals surface area contributed by atoms with E-state index in [2.05, 4.69) is 13.1 Å². The molecule has 0 radical (unpaired) electrons. The zero-order valence-corrected chi connectivity index (χ0v) is 37.4. The number of furan rings is 2. The Morgan fingerprint density at radius 2 is 0.862 bits per heavy atom. The van der Waals surface area contributed by atoms with Gasteiger partial charge in [-0.1, -0.05) is 58.7 Å². The maximum absolute atomic E-state index is 12.8. The second-order valence-corrected chi connectivity index (χ2v) is 37.2. The fraction of sp³-hybridized carbons (Fsp3) is 0.174. The van der Waals surface area contributed by atoms with Gasteiger partial charge in [-0.05, 0) is 98.5 Å². The van der Waals surface area contributed by atoms with Crippen molar-refractivity contribution in [2.24, 2.45) is 0 Å². The Hall–Kier alpha value is -4.08. The minimum Gasteiger partial charge on any atom is -0.496 e. The number of halogens is 8. The standard InChI is InChI=1S/2C22H16F3O.C2H6Si.2ClH.Zr/c2*1-13-3-5-16-11-17(20-10-4-14(2)26-20)12-19(16)21(13)15-6-8-18(9-7-15)22(23,24)25;1-3-2;;;/h2*3-12H,1-2H3;1-2H3;2*1H;/q2*-1;;;;+2/p-2. The van der Waals surface area contributed by atoms with Crippen LogP contribution in [0.3, 0.4) is 0 Å². The largest absolute Gasteiger partial charge is 0.496 e. The van der Waals surface area contributed by atoms with Gasteiger partial charge in [-0.2, -0.15) is 26.3 Å². The first kappa shape index (κ1) is 43.5. The number of fused-ring (bicyclic) bond motifs is 2. The van der Waals surface area contributed by atoms with Gasteiger partial charge in [0.1, 0.15) is 0 Å². The monoisotopic (exact) mass is 924 g/mol. The fourth-order valence-corrected chi connectivity index (χ4v) is 6.66. The number of benzene rings is 4. The molecule has 6 aromatic carbocycles. The van der Waals surface area contributed by atoms with Crippen molar-refractivity contribution in [2.75, 3.05) is 0 Å². The van der Waals surface area contributed by atoms with Crippen molar-refractivity contribution in [1.29, 1.82) is 0 Å². The van der Waals surface area contributed by atoms with Crippen LogP contribution >= 0.6 is 17.0 Å². The average molecular weight is 927 g/mol. The first-order valence-corrected chi connectivity index (χ1v) is 30.7. The molecule has 0 atom stereocenters. The van der Waals surface area contributed by atoms with Crippen LogP contribution in [0.4, 0.5) is 26.3 Å². The number of rotatable bonds is 4. The molecule has 12 heteroatoms. The summed E-state index contributed by atoms with van der Waals surface area (Å²) in [4.78, 5) is 0. The van der Waals surface area contributed by atoms with Gasteiger partial charge in [0.05, 0.1) is 34.2 Å². The minimum absolute atomic E-state index is 0.224. The molecule has 0 N–H and O–H groups in total. The third-order valence-electron chi connectivity index (χ3n) is 9.63. The molecule has 2 aromatic heterocycles. The van der Waals surface area contributed by atoms with Gasteiger partial charge in [0.25, 0.3) is 0 Å². The minimum atomic E-state index is -4.33. The van der Waals surface area contributed by atoms with Gasteiger partial charge in [-0.15, -0.1) is 57.9 Å². The van der Waals surface area contributed by atoms with Crippen molar-refractivity contribution in [3.8, 4) is 44.9 Å². The van der Waals surface area contributed by atoms with Gasteiger partial charge in [0.2, 0.25) is 0 Å². The topological polar surface area (TPSA) is 26.3 Å². The summed E-state index contributed by atoms with van der Waals surface area (Å²) >= 11 is -1.65. The molecule has 2 nitrogen and oxygen atoms in total. The summed E-state index contributed by atoms with van der Waals surface area (Å²) in [6, 6.07) is 34.5. The molecule has 8 rings (SSSR count). The van der Waals surface area contributed by atoms with Crippen LogP contribution in [0, 0.1) is 27.7 Å². The van der Waals surface area contributed by atoms with Crippen LogP contribution < -0.4 is 0 Å². The van der Waals surface area contributed by atoms with E-state index in [-0.39, 0.29) is 5.43 Å². The van der Waals surface area contributed by atoms with Crippen molar-refractivity contribution >= 4 is 44.0 Å². The van der Waals surface area contributed by atoms with E-state index < -0.39 is 41.5 Å². The molecular formula is C46H38Cl2F6O2SiZr-2. The van der Waals surface area contributed by atoms with E-state index in [4.69, 9.17) is 25.9 Å². The smallest absolute Gasteiger partial charge is 0.416 e. The molecule has 0 saturated heterocycles. The summed E-state index contributed by atoms with van der Waals surface area (Å²) in [6.45, 7) is 12.1. The molecule has 300 valence electrons. The average Bonchev–Trinajstić information content (AvgIpc) is 3.98. The van der Waals surface area contributed by atoms with E-state index in [9.17, 15) is 26.3 Å². The first-order chi connectivity index (χ1) is 27.3. The molecule has 2 heterocycles. The molecule has 0 saturated carbocycles. The molecule has 0 amide bonds. The molecular weight excluding hydrogens is 889 g/mol. The summed E-state index contributed by atoms with van der Waals surface area (Å²) in [6.07, 6.45) is -8.66. The van der Waals surface area contributed by atoms with Gasteiger partial charge < -0.3 is 8.83 Å². The Labute approximate surface area is 348 Å². The van der Waals surface area contributed by atoms with Crippen LogP contribution in [0.2, 0.25) is 13.1 Å². The number of hydrogen-bond acceptors (Lipinski definition) is 2. The van der Waals surface area contributed by atoms with Crippen LogP contribution in [0.15, 0.2) is 130 Å². The van der Waals surface area contributed by atoms with Crippen molar-refractivity contribution in [1.82, 2.24) is 0 Å². The zero-order chi connectivity index (χ0) is 42.1. The number of hydrogen-bond donors (Lipinski definition) is 0. The van der Waals surface area contributed by atoms with E-state index >= 15 is 0 Å². The van der Waals surface area contributed by atoms with Crippen molar-refractivity contribution in [2.45, 2.75) is 53.1 Å². The van der Waals surface area contributed by atoms with Crippen molar-refractivity contribution in [3.05, 3.63) is 155 Å². The maximum atomic E-state index is 12.8. The van der Waals surface area contributed by atoms with Gasteiger partial charge in [0, 0.05) is 0 Å². The Kier molecular flexibility index (Phi) is 13.2. The molecule has 0 unspecified atom stereocenters. The molecule has 0 spiro atoms. The number of alkyl halides is 6. The van der Waals surface area contributed by atoms with Crippen LogP contribution in [-0.2, 0) is 30.3 Å². The maximum Gasteiger partial charge on any atom is 0.416 e. The first-order valence-electron chi connectivity index (χ1n) is 18.2. The summed E-state index contributed by atoms with van der Waals surface area (Å²) < 4.78 is 88.4. The van der Waals surface area contributed by atoms with Crippen LogP contribution in [0.25, 0.3) is 66.4 Å². The second kappa shape index (κ2) is 17.6. The molecule has 0 fully saturated rings. The third kappa shape index (κ3) is 10.0. The SMILES string of the molecule is C[Si](C)=[Zr]([Cl])[Cl].Cc1ccc(-c2cc3c(-c4ccc(C(F)(F)F)cc4)c(C)ccc3[cH-]2)o1.Cc1ccc(-c2cc3c(-c4ccc(C(F)(F)F)cc4)c(C)ccc3[cH-]2)o1. The number of aryl methyl sites for hydroxylation is 4. The molecule has 8 aromatic rings. The molecule has 0 bridgehead atoms. The zero-order valence-electron chi connectivity index (χ0n) is 32.4. The Balaban J connectivity index is 0.000000172. The second-order valence-electron chi connectivity index (χ2n) is 14.2. The van der Waals surface area contributed by atoms with E-state index in [1.54, 1.807) is 0 Å². The van der Waals surface area contributed by atoms with Crippen molar-refractivity contribution < 1.29 is 53.2 Å². The third-order valence-corrected chi connectivity index (χ3v) is 29.4. The van der Waals surface area contributed by atoms with Crippen LogP contribution in [0.1, 0.15) is 33.8 Å². The summed E-state index contributed by atoms with van der Waals surface area (Å²) in [5.74, 6) is 3.25. The summed E-state index contributed by atoms with van der Waals surface area (Å²) in [5.41, 5.74) is 5.91. The van der Waals surface area contributed by atoms with Gasteiger partial charge >= 0.3 is 65.9 Å². The predicted octanol–water partition coefficient (Wildman–Crippen LogP) is 16.4. The quantitative estimate of drug-likeness (QED) is 0.0999. The van der Waals surface area contributed by atoms with Gasteiger partial charge in [0.15, 0.2) is 0 Å². The van der Waals surface area contributed by atoms with E-state index in [1.165, 1.54) is 24.3 Å². The Morgan fingerprint density at radius 1 is 0.517 bits per heavy atom. The van der Waals surface area contributed by atoms with E-state index in [1.807, 2.05) is 100 Å². The Morgan fingerprint density at radius 3 is 1.14 bits per heavy atom. The van der Waals surface area contributed by atoms with Gasteiger partial charge in [-0.3, -0.25) is 0 Å². The van der Waals surface area contributed by atoms with Gasteiger partial charge in [-0.25, -0.2) is 0 Å². The molecule has 0 aliphatic heterocycles. The molecule has 58 heavy (non-hydrogen) atoms.